The molecule has 0 saturated carbocycles. The monoisotopic (exact) mass is 559 g/mol. The van der Waals surface area contributed by atoms with Crippen molar-refractivity contribution in [2.24, 2.45) is 4.99 Å². The number of hydrogen-bond donors (Lipinski definition) is 3. The standard InChI is InChI=1S/C25H26ClN5O6S/c1-2-38(35,36)17-5-6-18(21(13-17)37-16-7-10-27-11-8-16)24(33)30-19-4-3-9-28-22(19)25(34)31-23-20(32)12-15(26)14-29-23/h3-6,9,13-14,16,27H,2,7-8,10-12H2,1H3,(H,30,33)(H,29,31,34). The van der Waals surface area contributed by atoms with Crippen molar-refractivity contribution in [3.8, 4) is 5.75 Å². The Morgan fingerprint density at radius 1 is 1.16 bits per heavy atom. The lowest BCUT2D eigenvalue weighted by atomic mass is 10.1. The summed E-state index contributed by atoms with van der Waals surface area (Å²) in [6.07, 6.45) is 3.74. The van der Waals surface area contributed by atoms with Gasteiger partial charge in [0.05, 0.1) is 28.3 Å². The zero-order valence-electron chi connectivity index (χ0n) is 20.5. The van der Waals surface area contributed by atoms with Crippen LogP contribution >= 0.6 is 11.6 Å². The molecule has 0 atom stereocenters. The molecule has 2 aliphatic heterocycles. The molecule has 0 spiro atoms. The minimum absolute atomic E-state index is 0.0500. The number of rotatable bonds is 7. The minimum atomic E-state index is -3.54. The number of hydrogen-bond acceptors (Lipinski definition) is 9. The normalized spacial score (nSPS) is 16.3. The average molecular weight is 560 g/mol. The summed E-state index contributed by atoms with van der Waals surface area (Å²) in [5.41, 5.74) is 0.0221. The van der Waals surface area contributed by atoms with Crippen LogP contribution in [0.25, 0.3) is 0 Å². The fourth-order valence-electron chi connectivity index (χ4n) is 3.88. The molecule has 1 saturated heterocycles. The maximum absolute atomic E-state index is 13.3. The first-order valence-corrected chi connectivity index (χ1v) is 14.0. The molecule has 1 aromatic heterocycles. The number of amidine groups is 1. The Morgan fingerprint density at radius 3 is 2.63 bits per heavy atom. The molecule has 38 heavy (non-hydrogen) atoms. The number of nitrogens with one attached hydrogen (secondary N) is 3. The van der Waals surface area contributed by atoms with Crippen LogP contribution < -0.4 is 20.7 Å². The van der Waals surface area contributed by atoms with Crippen molar-refractivity contribution in [3.63, 3.8) is 0 Å². The van der Waals surface area contributed by atoms with Crippen molar-refractivity contribution >= 4 is 50.6 Å². The van der Waals surface area contributed by atoms with Crippen LogP contribution in [-0.4, -0.2) is 61.8 Å². The van der Waals surface area contributed by atoms with E-state index >= 15 is 0 Å². The second kappa shape index (κ2) is 11.8. The molecule has 2 aromatic rings. The molecule has 3 N–H and O–H groups in total. The molecular formula is C25H26ClN5O6S. The number of halogens is 1. The Balaban J connectivity index is 1.60. The molecule has 3 heterocycles. The van der Waals surface area contributed by atoms with E-state index in [2.05, 4.69) is 25.9 Å². The molecule has 200 valence electrons. The van der Waals surface area contributed by atoms with E-state index in [1.165, 1.54) is 49.7 Å². The number of Topliss-reactive ketones (excluding diaryl/α,β-unsaturated/α-hetero) is 1. The number of ether oxygens (including phenoxy) is 1. The van der Waals surface area contributed by atoms with Gasteiger partial charge in [-0.3, -0.25) is 14.4 Å². The Kier molecular flexibility index (Phi) is 8.55. The molecule has 1 aromatic carbocycles. The second-order valence-electron chi connectivity index (χ2n) is 8.59. The third-order valence-corrected chi connectivity index (χ3v) is 7.91. The Bertz CT molecular complexity index is 1430. The van der Waals surface area contributed by atoms with Gasteiger partial charge in [-0.2, -0.15) is 0 Å². The summed E-state index contributed by atoms with van der Waals surface area (Å²) in [4.78, 5) is 46.3. The van der Waals surface area contributed by atoms with Crippen LogP contribution in [0, 0.1) is 0 Å². The molecular weight excluding hydrogens is 534 g/mol. The lowest BCUT2D eigenvalue weighted by molar-refractivity contribution is -0.112. The van der Waals surface area contributed by atoms with Crippen molar-refractivity contribution in [1.82, 2.24) is 15.6 Å². The van der Waals surface area contributed by atoms with Gasteiger partial charge in [-0.15, -0.1) is 0 Å². The minimum Gasteiger partial charge on any atom is -0.489 e. The average Bonchev–Trinajstić information content (AvgIpc) is 2.91. The zero-order chi connectivity index (χ0) is 27.3. The van der Waals surface area contributed by atoms with Gasteiger partial charge in [0.25, 0.3) is 11.8 Å². The summed E-state index contributed by atoms with van der Waals surface area (Å²) in [5.74, 6) is -2.01. The number of amides is 2. The van der Waals surface area contributed by atoms with E-state index in [9.17, 15) is 22.8 Å². The smallest absolute Gasteiger partial charge is 0.277 e. The molecule has 2 amide bonds. The van der Waals surface area contributed by atoms with Gasteiger partial charge >= 0.3 is 0 Å². The molecule has 1 fully saturated rings. The summed E-state index contributed by atoms with van der Waals surface area (Å²) in [6.45, 7) is 3.02. The highest BCUT2D eigenvalue weighted by molar-refractivity contribution is 7.91. The largest absolute Gasteiger partial charge is 0.489 e. The number of aliphatic imine (C=N–C) groups is 1. The Labute approximate surface area is 224 Å². The van der Waals surface area contributed by atoms with Crippen LogP contribution in [0.5, 0.6) is 5.75 Å². The van der Waals surface area contributed by atoms with E-state index in [4.69, 9.17) is 16.3 Å². The number of carbonyl (C=O) groups is 3. The topological polar surface area (TPSA) is 156 Å². The first-order valence-electron chi connectivity index (χ1n) is 12.0. The van der Waals surface area contributed by atoms with Crippen molar-refractivity contribution in [3.05, 3.63) is 59.0 Å². The number of allylic oxidation sites excluding steroid dienone is 1. The predicted molar refractivity (Wildman–Crippen MR) is 141 cm³/mol. The van der Waals surface area contributed by atoms with Crippen LogP contribution in [0.15, 0.2) is 57.6 Å². The molecule has 2 aliphatic rings. The van der Waals surface area contributed by atoms with E-state index in [0.717, 1.165) is 13.1 Å². The zero-order valence-corrected chi connectivity index (χ0v) is 22.1. The third-order valence-electron chi connectivity index (χ3n) is 5.95. The van der Waals surface area contributed by atoms with Crippen LogP contribution in [0.2, 0.25) is 0 Å². The van der Waals surface area contributed by atoms with E-state index in [1.54, 1.807) is 0 Å². The van der Waals surface area contributed by atoms with E-state index in [1.807, 2.05) is 0 Å². The highest BCUT2D eigenvalue weighted by Gasteiger charge is 2.25. The quantitative estimate of drug-likeness (QED) is 0.467. The molecule has 11 nitrogen and oxygen atoms in total. The van der Waals surface area contributed by atoms with Crippen molar-refractivity contribution < 1.29 is 27.5 Å². The lowest BCUT2D eigenvalue weighted by Crippen LogP contribution is -2.38. The molecule has 0 aliphatic carbocycles. The van der Waals surface area contributed by atoms with Gasteiger partial charge in [0.2, 0.25) is 5.78 Å². The van der Waals surface area contributed by atoms with Gasteiger partial charge in [0.15, 0.2) is 21.4 Å². The summed E-state index contributed by atoms with van der Waals surface area (Å²) in [6, 6.07) is 7.10. The number of ketones is 1. The molecule has 13 heteroatoms. The molecule has 0 radical (unpaired) electrons. The van der Waals surface area contributed by atoms with Gasteiger partial charge < -0.3 is 20.7 Å². The fourth-order valence-corrected chi connectivity index (χ4v) is 4.94. The van der Waals surface area contributed by atoms with Crippen LogP contribution in [0.4, 0.5) is 5.69 Å². The number of carbonyl (C=O) groups excluding carboxylic acids is 3. The van der Waals surface area contributed by atoms with Crippen molar-refractivity contribution in [2.75, 3.05) is 24.2 Å². The third kappa shape index (κ3) is 6.44. The van der Waals surface area contributed by atoms with Crippen molar-refractivity contribution in [1.29, 1.82) is 0 Å². The van der Waals surface area contributed by atoms with Crippen molar-refractivity contribution in [2.45, 2.75) is 37.2 Å². The molecule has 0 bridgehead atoms. The summed E-state index contributed by atoms with van der Waals surface area (Å²) >= 11 is 5.80. The number of pyridine rings is 1. The maximum atomic E-state index is 13.3. The Hall–Kier alpha value is -3.61. The number of sulfone groups is 1. The van der Waals surface area contributed by atoms with Gasteiger partial charge in [-0.05, 0) is 56.3 Å². The summed E-state index contributed by atoms with van der Waals surface area (Å²) < 4.78 is 31.1. The predicted octanol–water partition coefficient (Wildman–Crippen LogP) is 2.44. The summed E-state index contributed by atoms with van der Waals surface area (Å²) in [7, 11) is -3.54. The second-order valence-corrected chi connectivity index (χ2v) is 11.4. The highest BCUT2D eigenvalue weighted by atomic mass is 35.5. The van der Waals surface area contributed by atoms with Gasteiger partial charge in [0, 0.05) is 17.4 Å². The highest BCUT2D eigenvalue weighted by Crippen LogP contribution is 2.28. The van der Waals surface area contributed by atoms with Crippen LogP contribution in [-0.2, 0) is 14.6 Å². The molecule has 4 rings (SSSR count). The maximum Gasteiger partial charge on any atom is 0.277 e. The van der Waals surface area contributed by atoms with E-state index in [0.29, 0.717) is 12.8 Å². The van der Waals surface area contributed by atoms with E-state index in [-0.39, 0.29) is 56.7 Å². The van der Waals surface area contributed by atoms with E-state index < -0.39 is 27.4 Å². The van der Waals surface area contributed by atoms with Gasteiger partial charge in [-0.25, -0.2) is 18.4 Å². The number of benzene rings is 1. The Morgan fingerprint density at radius 2 is 1.92 bits per heavy atom. The summed E-state index contributed by atoms with van der Waals surface area (Å²) in [5, 5.41) is 8.53. The number of nitrogens with zero attached hydrogens (tertiary/aromatic N) is 2. The van der Waals surface area contributed by atoms with Crippen LogP contribution in [0.3, 0.4) is 0 Å². The SMILES string of the molecule is CCS(=O)(=O)c1ccc(C(=O)Nc2cccnc2C(=O)NC2=NC=C(Cl)CC2=O)c(OC2CCNCC2)c1. The van der Waals surface area contributed by atoms with Gasteiger partial charge in [-0.1, -0.05) is 18.5 Å². The number of piperidine rings is 1. The first kappa shape index (κ1) is 27.4. The first-order chi connectivity index (χ1) is 18.2. The molecule has 0 unspecified atom stereocenters. The number of anilines is 1. The van der Waals surface area contributed by atoms with Gasteiger partial charge in [0.1, 0.15) is 11.9 Å². The lowest BCUT2D eigenvalue weighted by Gasteiger charge is -2.25. The van der Waals surface area contributed by atoms with Crippen LogP contribution in [0.1, 0.15) is 47.0 Å². The fraction of sp³-hybridized carbons (Fsp3) is 0.320. The number of aromatic nitrogens is 1.